The molecule has 0 radical (unpaired) electrons. The van der Waals surface area contributed by atoms with E-state index < -0.39 is 0 Å². The molecular formula is C7H8BrClN2. The third-order valence-corrected chi connectivity index (χ3v) is 2.86. The van der Waals surface area contributed by atoms with Gasteiger partial charge in [-0.25, -0.2) is 4.98 Å². The first kappa shape index (κ1) is 8.97. The Morgan fingerprint density at radius 2 is 2.36 bits per heavy atom. The van der Waals surface area contributed by atoms with Gasteiger partial charge in [-0.05, 0) is 34.5 Å². The lowest BCUT2D eigenvalue weighted by Crippen LogP contribution is -2.00. The minimum Gasteiger partial charge on any atom is -0.325 e. The van der Waals surface area contributed by atoms with Gasteiger partial charge in [0.25, 0.3) is 0 Å². The molecule has 1 heterocycles. The van der Waals surface area contributed by atoms with Crippen LogP contribution in [0.1, 0.15) is 11.3 Å². The third-order valence-electron chi connectivity index (χ3n) is 1.36. The Morgan fingerprint density at radius 1 is 1.73 bits per heavy atom. The van der Waals surface area contributed by atoms with Gasteiger partial charge in [0.15, 0.2) is 0 Å². The maximum absolute atomic E-state index is 5.78. The molecule has 0 aliphatic carbocycles. The molecule has 0 aliphatic heterocycles. The zero-order valence-corrected chi connectivity index (χ0v) is 8.41. The Balaban J connectivity index is 3.21. The molecule has 0 fully saturated rings. The molecule has 60 valence electrons. The van der Waals surface area contributed by atoms with Crippen molar-refractivity contribution >= 4 is 27.5 Å². The first-order chi connectivity index (χ1) is 5.15. The molecule has 4 heteroatoms. The minimum absolute atomic E-state index is 0.424. The van der Waals surface area contributed by atoms with Gasteiger partial charge in [0.2, 0.25) is 0 Å². The second-order valence-corrected chi connectivity index (χ2v) is 3.39. The van der Waals surface area contributed by atoms with Crippen molar-refractivity contribution in [3.05, 3.63) is 26.9 Å². The molecule has 0 aliphatic rings. The van der Waals surface area contributed by atoms with Crippen LogP contribution >= 0.6 is 27.5 Å². The van der Waals surface area contributed by atoms with Gasteiger partial charge in [0.05, 0.1) is 10.2 Å². The molecule has 1 aromatic heterocycles. The fraction of sp³-hybridized carbons (Fsp3) is 0.286. The maximum atomic E-state index is 5.78. The third kappa shape index (κ3) is 1.92. The zero-order chi connectivity index (χ0) is 8.43. The summed E-state index contributed by atoms with van der Waals surface area (Å²) in [4.78, 5) is 4.05. The predicted molar refractivity (Wildman–Crippen MR) is 49.6 cm³/mol. The van der Waals surface area contributed by atoms with E-state index in [-0.39, 0.29) is 0 Å². The average Bonchev–Trinajstić information content (AvgIpc) is 1.99. The Labute approximate surface area is 78.9 Å². The highest BCUT2D eigenvalue weighted by molar-refractivity contribution is 9.10. The fourth-order valence-electron chi connectivity index (χ4n) is 0.788. The highest BCUT2D eigenvalue weighted by Crippen LogP contribution is 2.24. The molecule has 0 aromatic carbocycles. The number of halogens is 2. The van der Waals surface area contributed by atoms with Crippen molar-refractivity contribution in [2.45, 2.75) is 13.5 Å². The van der Waals surface area contributed by atoms with Crippen LogP contribution in [0.2, 0.25) is 5.15 Å². The second kappa shape index (κ2) is 3.52. The lowest BCUT2D eigenvalue weighted by Gasteiger charge is -2.02. The molecule has 2 nitrogen and oxygen atoms in total. The molecule has 0 unspecified atom stereocenters. The molecule has 0 saturated heterocycles. The lowest BCUT2D eigenvalue weighted by molar-refractivity contribution is 0.981. The predicted octanol–water partition coefficient (Wildman–Crippen LogP) is 2.26. The number of nitrogens with zero attached hydrogens (tertiary/aromatic N) is 1. The summed E-state index contributed by atoms with van der Waals surface area (Å²) in [5.41, 5.74) is 7.28. The van der Waals surface area contributed by atoms with Crippen molar-refractivity contribution in [3.63, 3.8) is 0 Å². The first-order valence-corrected chi connectivity index (χ1v) is 4.34. The summed E-state index contributed by atoms with van der Waals surface area (Å²) in [6, 6.07) is 1.91. The molecule has 0 spiro atoms. The van der Waals surface area contributed by atoms with Gasteiger partial charge in [-0.1, -0.05) is 11.6 Å². The number of pyridine rings is 1. The molecule has 2 N–H and O–H groups in total. The van der Waals surface area contributed by atoms with Crippen LogP contribution in [0, 0.1) is 6.92 Å². The summed E-state index contributed by atoms with van der Waals surface area (Å²) in [7, 11) is 0. The minimum atomic E-state index is 0.424. The van der Waals surface area contributed by atoms with Crippen LogP contribution in [-0.4, -0.2) is 4.98 Å². The normalized spacial score (nSPS) is 10.2. The van der Waals surface area contributed by atoms with E-state index in [0.29, 0.717) is 11.7 Å². The zero-order valence-electron chi connectivity index (χ0n) is 6.06. The van der Waals surface area contributed by atoms with Crippen molar-refractivity contribution < 1.29 is 0 Å². The summed E-state index contributed by atoms with van der Waals surface area (Å²) in [6.45, 7) is 2.38. The number of hydrogen-bond donors (Lipinski definition) is 1. The lowest BCUT2D eigenvalue weighted by atomic mass is 10.2. The molecule has 1 rings (SSSR count). The monoisotopic (exact) mass is 234 g/mol. The van der Waals surface area contributed by atoms with E-state index in [9.17, 15) is 0 Å². The van der Waals surface area contributed by atoms with Crippen molar-refractivity contribution in [1.82, 2.24) is 4.98 Å². The van der Waals surface area contributed by atoms with E-state index in [4.69, 9.17) is 17.3 Å². The van der Waals surface area contributed by atoms with Crippen molar-refractivity contribution in [3.8, 4) is 0 Å². The standard InChI is InChI=1S/C7H8BrClN2/c1-4-2-5(3-10)11-7(9)6(4)8/h2H,3,10H2,1H3. The van der Waals surface area contributed by atoms with Gasteiger partial charge >= 0.3 is 0 Å². The van der Waals surface area contributed by atoms with E-state index in [2.05, 4.69) is 20.9 Å². The largest absolute Gasteiger partial charge is 0.325 e. The molecular weight excluding hydrogens is 227 g/mol. The fourth-order valence-corrected chi connectivity index (χ4v) is 1.25. The SMILES string of the molecule is Cc1cc(CN)nc(Cl)c1Br. The van der Waals surface area contributed by atoms with Crippen LogP contribution in [0.15, 0.2) is 10.5 Å². The van der Waals surface area contributed by atoms with Crippen LogP contribution in [0.25, 0.3) is 0 Å². The summed E-state index contributed by atoms with van der Waals surface area (Å²) in [6.07, 6.45) is 0. The van der Waals surface area contributed by atoms with Crippen molar-refractivity contribution in [1.29, 1.82) is 0 Å². The van der Waals surface area contributed by atoms with Crippen LogP contribution in [0.3, 0.4) is 0 Å². The van der Waals surface area contributed by atoms with Gasteiger partial charge in [0, 0.05) is 6.54 Å². The Bertz CT molecular complexity index is 252. The van der Waals surface area contributed by atoms with Crippen LogP contribution in [-0.2, 0) is 6.54 Å². The van der Waals surface area contributed by atoms with Gasteiger partial charge in [-0.15, -0.1) is 0 Å². The number of aryl methyl sites for hydroxylation is 1. The van der Waals surface area contributed by atoms with Crippen molar-refractivity contribution in [2.24, 2.45) is 5.73 Å². The summed E-state index contributed by atoms with van der Waals surface area (Å²) in [5.74, 6) is 0. The van der Waals surface area contributed by atoms with E-state index >= 15 is 0 Å². The number of nitrogens with two attached hydrogens (primary N) is 1. The highest BCUT2D eigenvalue weighted by atomic mass is 79.9. The smallest absolute Gasteiger partial charge is 0.143 e. The van der Waals surface area contributed by atoms with Gasteiger partial charge in [0.1, 0.15) is 5.15 Å². The van der Waals surface area contributed by atoms with Gasteiger partial charge in [-0.2, -0.15) is 0 Å². The quantitative estimate of drug-likeness (QED) is 0.759. The second-order valence-electron chi connectivity index (χ2n) is 2.24. The molecule has 0 amide bonds. The van der Waals surface area contributed by atoms with Crippen LogP contribution in [0.4, 0.5) is 0 Å². The Hall–Kier alpha value is -0.120. The Morgan fingerprint density at radius 3 is 2.82 bits per heavy atom. The van der Waals surface area contributed by atoms with E-state index in [1.807, 2.05) is 13.0 Å². The number of rotatable bonds is 1. The van der Waals surface area contributed by atoms with E-state index in [1.54, 1.807) is 0 Å². The summed E-state index contributed by atoms with van der Waals surface area (Å²) < 4.78 is 0.844. The molecule has 1 aromatic rings. The molecule has 0 bridgehead atoms. The maximum Gasteiger partial charge on any atom is 0.143 e. The number of aromatic nitrogens is 1. The molecule has 0 atom stereocenters. The summed E-state index contributed by atoms with van der Waals surface area (Å²) >= 11 is 9.09. The topological polar surface area (TPSA) is 38.9 Å². The first-order valence-electron chi connectivity index (χ1n) is 3.16. The Kier molecular flexibility index (Phi) is 2.87. The van der Waals surface area contributed by atoms with Gasteiger partial charge < -0.3 is 5.73 Å². The highest BCUT2D eigenvalue weighted by Gasteiger charge is 2.03. The van der Waals surface area contributed by atoms with Crippen molar-refractivity contribution in [2.75, 3.05) is 0 Å². The van der Waals surface area contributed by atoms with Crippen LogP contribution < -0.4 is 5.73 Å². The molecule has 11 heavy (non-hydrogen) atoms. The average molecular weight is 236 g/mol. The molecule has 0 saturated carbocycles. The van der Waals surface area contributed by atoms with E-state index in [1.165, 1.54) is 0 Å². The van der Waals surface area contributed by atoms with E-state index in [0.717, 1.165) is 15.7 Å². The summed E-state index contributed by atoms with van der Waals surface area (Å²) in [5, 5.41) is 0.477. The number of hydrogen-bond acceptors (Lipinski definition) is 2. The van der Waals surface area contributed by atoms with Gasteiger partial charge in [-0.3, -0.25) is 0 Å². The van der Waals surface area contributed by atoms with Crippen LogP contribution in [0.5, 0.6) is 0 Å².